The molecule has 1 aromatic heterocycles. The van der Waals surface area contributed by atoms with Gasteiger partial charge in [0.25, 0.3) is 5.91 Å². The highest BCUT2D eigenvalue weighted by Gasteiger charge is 2.10. The molecule has 0 atom stereocenters. The third-order valence-corrected chi connectivity index (χ3v) is 2.95. The number of benzene rings is 1. The molecule has 2 aromatic rings. The van der Waals surface area contributed by atoms with E-state index in [0.717, 1.165) is 30.3 Å². The molecule has 4 nitrogen and oxygen atoms in total. The fourth-order valence-corrected chi connectivity index (χ4v) is 1.98. The van der Waals surface area contributed by atoms with Gasteiger partial charge in [-0.05, 0) is 31.0 Å². The highest BCUT2D eigenvalue weighted by atomic mass is 16.1. The van der Waals surface area contributed by atoms with Crippen LogP contribution in [0, 0.1) is 0 Å². The minimum absolute atomic E-state index is 0.103. The molecule has 2 N–H and O–H groups in total. The number of rotatable bonds is 6. The van der Waals surface area contributed by atoms with E-state index in [1.54, 1.807) is 6.20 Å². The first-order valence-corrected chi connectivity index (χ1v) is 6.65. The summed E-state index contributed by atoms with van der Waals surface area (Å²) in [6.45, 7) is 4.61. The molecule has 1 heterocycles. The summed E-state index contributed by atoms with van der Waals surface area (Å²) in [5, 5.41) is 8.07. The Hall–Kier alpha value is -1.94. The van der Waals surface area contributed by atoms with Crippen LogP contribution in [0.4, 0.5) is 0 Å². The fraction of sp³-hybridized carbons (Fsp3) is 0.333. The van der Waals surface area contributed by atoms with E-state index in [0.29, 0.717) is 12.2 Å². The van der Waals surface area contributed by atoms with Gasteiger partial charge >= 0.3 is 0 Å². The largest absolute Gasteiger partial charge is 0.351 e. The molecular weight excluding hydrogens is 238 g/mol. The van der Waals surface area contributed by atoms with Crippen molar-refractivity contribution in [2.75, 3.05) is 19.6 Å². The van der Waals surface area contributed by atoms with Crippen molar-refractivity contribution in [2.45, 2.75) is 13.3 Å². The molecule has 0 aliphatic carbocycles. The molecule has 1 amide bonds. The Balaban J connectivity index is 2.01. The van der Waals surface area contributed by atoms with Crippen LogP contribution in [-0.2, 0) is 0 Å². The van der Waals surface area contributed by atoms with Crippen molar-refractivity contribution >= 4 is 16.7 Å². The zero-order valence-corrected chi connectivity index (χ0v) is 11.1. The average molecular weight is 257 g/mol. The molecule has 0 radical (unpaired) electrons. The Labute approximate surface area is 113 Å². The van der Waals surface area contributed by atoms with E-state index in [1.165, 1.54) is 0 Å². The van der Waals surface area contributed by atoms with Crippen LogP contribution in [0.2, 0.25) is 0 Å². The summed E-state index contributed by atoms with van der Waals surface area (Å²) < 4.78 is 0. The molecule has 0 aliphatic heterocycles. The number of carbonyl (C=O) groups is 1. The lowest BCUT2D eigenvalue weighted by Crippen LogP contribution is -2.28. The number of carbonyl (C=O) groups excluding carboxylic acids is 1. The molecule has 0 bridgehead atoms. The third kappa shape index (κ3) is 3.51. The minimum Gasteiger partial charge on any atom is -0.351 e. The van der Waals surface area contributed by atoms with E-state index in [2.05, 4.69) is 22.5 Å². The Morgan fingerprint density at radius 3 is 2.89 bits per heavy atom. The quantitative estimate of drug-likeness (QED) is 0.778. The van der Waals surface area contributed by atoms with E-state index in [9.17, 15) is 4.79 Å². The van der Waals surface area contributed by atoms with E-state index in [1.807, 2.05) is 30.3 Å². The Bertz CT molecular complexity index is 549. The van der Waals surface area contributed by atoms with Crippen LogP contribution in [0.1, 0.15) is 23.8 Å². The van der Waals surface area contributed by atoms with Gasteiger partial charge in [0.05, 0.1) is 0 Å². The van der Waals surface area contributed by atoms with Gasteiger partial charge in [-0.2, -0.15) is 0 Å². The summed E-state index contributed by atoms with van der Waals surface area (Å²) >= 11 is 0. The van der Waals surface area contributed by atoms with Crippen molar-refractivity contribution in [3.8, 4) is 0 Å². The monoisotopic (exact) mass is 257 g/mol. The smallest absolute Gasteiger partial charge is 0.270 e. The molecule has 0 fully saturated rings. The van der Waals surface area contributed by atoms with Gasteiger partial charge in [0.1, 0.15) is 5.69 Å². The Morgan fingerprint density at radius 2 is 2.05 bits per heavy atom. The summed E-state index contributed by atoms with van der Waals surface area (Å²) in [5.74, 6) is -0.103. The number of hydrogen-bond donors (Lipinski definition) is 2. The van der Waals surface area contributed by atoms with Crippen LogP contribution in [-0.4, -0.2) is 30.5 Å². The third-order valence-electron chi connectivity index (χ3n) is 2.95. The maximum absolute atomic E-state index is 12.1. The number of nitrogens with one attached hydrogen (secondary N) is 2. The number of pyridine rings is 1. The molecule has 19 heavy (non-hydrogen) atoms. The van der Waals surface area contributed by atoms with Crippen molar-refractivity contribution in [3.63, 3.8) is 0 Å². The average Bonchev–Trinajstić information content (AvgIpc) is 2.46. The van der Waals surface area contributed by atoms with Crippen molar-refractivity contribution in [1.82, 2.24) is 15.6 Å². The Kier molecular flexibility index (Phi) is 4.86. The lowest BCUT2D eigenvalue weighted by Gasteiger charge is -2.07. The number of nitrogens with zero attached hydrogens (tertiary/aromatic N) is 1. The molecule has 1 aromatic carbocycles. The van der Waals surface area contributed by atoms with E-state index < -0.39 is 0 Å². The molecule has 0 saturated heterocycles. The van der Waals surface area contributed by atoms with Gasteiger partial charge in [-0.25, -0.2) is 0 Å². The Morgan fingerprint density at radius 1 is 1.21 bits per heavy atom. The van der Waals surface area contributed by atoms with E-state index in [4.69, 9.17) is 0 Å². The molecule has 100 valence electrons. The van der Waals surface area contributed by atoms with Gasteiger partial charge in [-0.15, -0.1) is 0 Å². The van der Waals surface area contributed by atoms with Gasteiger partial charge in [0.2, 0.25) is 0 Å². The number of amides is 1. The van der Waals surface area contributed by atoms with Crippen molar-refractivity contribution in [3.05, 3.63) is 42.2 Å². The lowest BCUT2D eigenvalue weighted by molar-refractivity contribution is 0.0950. The summed E-state index contributed by atoms with van der Waals surface area (Å²) in [7, 11) is 0. The maximum Gasteiger partial charge on any atom is 0.270 e. The molecule has 0 saturated carbocycles. The van der Waals surface area contributed by atoms with Crippen LogP contribution in [0.3, 0.4) is 0 Å². The van der Waals surface area contributed by atoms with Crippen LogP contribution in [0.15, 0.2) is 36.5 Å². The standard InChI is InChI=1S/C15H19N3O/c1-2-16-9-5-10-18-15(19)14-13-7-4-3-6-12(13)8-11-17-14/h3-4,6-8,11,16H,2,5,9-10H2,1H3,(H,18,19). The molecule has 0 unspecified atom stereocenters. The predicted molar refractivity (Wildman–Crippen MR) is 77.2 cm³/mol. The molecule has 2 rings (SSSR count). The number of hydrogen-bond acceptors (Lipinski definition) is 3. The molecular formula is C15H19N3O. The zero-order chi connectivity index (χ0) is 13.5. The van der Waals surface area contributed by atoms with Crippen molar-refractivity contribution < 1.29 is 4.79 Å². The van der Waals surface area contributed by atoms with Crippen LogP contribution < -0.4 is 10.6 Å². The minimum atomic E-state index is -0.103. The summed E-state index contributed by atoms with van der Waals surface area (Å²) in [4.78, 5) is 16.3. The summed E-state index contributed by atoms with van der Waals surface area (Å²) in [6.07, 6.45) is 2.60. The molecule has 0 spiro atoms. The van der Waals surface area contributed by atoms with Crippen molar-refractivity contribution in [1.29, 1.82) is 0 Å². The predicted octanol–water partition coefficient (Wildman–Crippen LogP) is 1.96. The van der Waals surface area contributed by atoms with Crippen molar-refractivity contribution in [2.24, 2.45) is 0 Å². The second-order valence-electron chi connectivity index (χ2n) is 4.34. The summed E-state index contributed by atoms with van der Waals surface area (Å²) in [6, 6.07) is 9.71. The van der Waals surface area contributed by atoms with Gasteiger partial charge in [0, 0.05) is 18.1 Å². The van der Waals surface area contributed by atoms with Crippen LogP contribution in [0.25, 0.3) is 10.8 Å². The topological polar surface area (TPSA) is 54.0 Å². The van der Waals surface area contributed by atoms with E-state index >= 15 is 0 Å². The second-order valence-corrected chi connectivity index (χ2v) is 4.34. The highest BCUT2D eigenvalue weighted by molar-refractivity contribution is 6.05. The van der Waals surface area contributed by atoms with Gasteiger partial charge in [-0.1, -0.05) is 31.2 Å². The maximum atomic E-state index is 12.1. The fourth-order valence-electron chi connectivity index (χ4n) is 1.98. The SMILES string of the molecule is CCNCCCNC(=O)c1nccc2ccccc12. The molecule has 0 aliphatic rings. The van der Waals surface area contributed by atoms with E-state index in [-0.39, 0.29) is 5.91 Å². The second kappa shape index (κ2) is 6.85. The summed E-state index contributed by atoms with van der Waals surface area (Å²) in [5.41, 5.74) is 0.501. The zero-order valence-electron chi connectivity index (χ0n) is 11.1. The first-order chi connectivity index (χ1) is 9.33. The van der Waals surface area contributed by atoms with Gasteiger partial charge in [-0.3, -0.25) is 9.78 Å². The first kappa shape index (κ1) is 13.5. The van der Waals surface area contributed by atoms with Crippen LogP contribution in [0.5, 0.6) is 0 Å². The number of aromatic nitrogens is 1. The normalized spacial score (nSPS) is 10.6. The highest BCUT2D eigenvalue weighted by Crippen LogP contribution is 2.15. The van der Waals surface area contributed by atoms with Crippen LogP contribution >= 0.6 is 0 Å². The lowest BCUT2D eigenvalue weighted by atomic mass is 10.1. The van der Waals surface area contributed by atoms with Gasteiger partial charge in [0.15, 0.2) is 0 Å². The molecule has 4 heteroatoms. The number of fused-ring (bicyclic) bond motifs is 1. The first-order valence-electron chi connectivity index (χ1n) is 6.65. The van der Waals surface area contributed by atoms with Gasteiger partial charge < -0.3 is 10.6 Å².